The van der Waals surface area contributed by atoms with Crippen LogP contribution in [0.2, 0.25) is 0 Å². The van der Waals surface area contributed by atoms with E-state index < -0.39 is 5.97 Å². The van der Waals surface area contributed by atoms with Gasteiger partial charge < -0.3 is 19.0 Å². The zero-order chi connectivity index (χ0) is 15.4. The van der Waals surface area contributed by atoms with Crippen molar-refractivity contribution in [1.29, 1.82) is 0 Å². The normalized spacial score (nSPS) is 10.4. The highest BCUT2D eigenvalue weighted by Gasteiger charge is 2.14. The molecule has 21 heavy (non-hydrogen) atoms. The molecule has 0 bridgehead atoms. The number of rotatable bonds is 6. The number of hydrogen-bond acceptors (Lipinski definition) is 4. The molecule has 2 aromatic rings. The summed E-state index contributed by atoms with van der Waals surface area (Å²) in [4.78, 5) is 10.9. The third kappa shape index (κ3) is 3.37. The van der Waals surface area contributed by atoms with E-state index in [1.54, 1.807) is 14.0 Å². The summed E-state index contributed by atoms with van der Waals surface area (Å²) in [5.74, 6) is 0.645. The topological polar surface area (TPSA) is 68.9 Å². The summed E-state index contributed by atoms with van der Waals surface area (Å²) in [5, 5.41) is 8.89. The Balaban J connectivity index is 2.14. The van der Waals surface area contributed by atoms with Gasteiger partial charge in [0.25, 0.3) is 0 Å². The van der Waals surface area contributed by atoms with Gasteiger partial charge in [0, 0.05) is 5.56 Å². The number of carbonyl (C=O) groups is 1. The highest BCUT2D eigenvalue weighted by Crippen LogP contribution is 2.29. The quantitative estimate of drug-likeness (QED) is 0.882. The van der Waals surface area contributed by atoms with Gasteiger partial charge in [-0.3, -0.25) is 0 Å². The first-order chi connectivity index (χ1) is 10.0. The highest BCUT2D eigenvalue weighted by atomic mass is 16.5. The van der Waals surface area contributed by atoms with E-state index in [2.05, 4.69) is 6.92 Å². The minimum absolute atomic E-state index is 0.0839. The van der Waals surface area contributed by atoms with Crippen LogP contribution < -0.4 is 9.47 Å². The second-order valence-electron chi connectivity index (χ2n) is 4.62. The van der Waals surface area contributed by atoms with Crippen molar-refractivity contribution in [2.24, 2.45) is 0 Å². The molecule has 1 heterocycles. The summed E-state index contributed by atoms with van der Waals surface area (Å²) in [5.41, 5.74) is 1.86. The van der Waals surface area contributed by atoms with Crippen LogP contribution in [0.3, 0.4) is 0 Å². The Labute approximate surface area is 123 Å². The van der Waals surface area contributed by atoms with E-state index in [9.17, 15) is 4.79 Å². The summed E-state index contributed by atoms with van der Waals surface area (Å²) < 4.78 is 16.2. The van der Waals surface area contributed by atoms with Gasteiger partial charge in [-0.15, -0.1) is 0 Å². The molecule has 1 aromatic carbocycles. The summed E-state index contributed by atoms with van der Waals surface area (Å²) in [6.45, 7) is 4.00. The molecule has 0 fully saturated rings. The Hall–Kier alpha value is -2.43. The van der Waals surface area contributed by atoms with Gasteiger partial charge in [-0.1, -0.05) is 13.0 Å². The molecule has 1 N–H and O–H groups in total. The maximum atomic E-state index is 10.9. The zero-order valence-corrected chi connectivity index (χ0v) is 12.3. The average molecular weight is 290 g/mol. The largest absolute Gasteiger partial charge is 0.493 e. The Bertz CT molecular complexity index is 642. The summed E-state index contributed by atoms with van der Waals surface area (Å²) in [6, 6.07) is 7.23. The van der Waals surface area contributed by atoms with Gasteiger partial charge in [-0.05, 0) is 37.1 Å². The van der Waals surface area contributed by atoms with Crippen LogP contribution in [0, 0.1) is 6.92 Å². The molecule has 0 aliphatic rings. The molecule has 0 aliphatic heterocycles. The molecule has 0 amide bonds. The first-order valence-electron chi connectivity index (χ1n) is 6.67. The van der Waals surface area contributed by atoms with Crippen molar-refractivity contribution in [2.75, 3.05) is 7.11 Å². The SMILES string of the molecule is CCc1ccc(OCc2cc(C(=O)O)oc2C)c(OC)c1. The van der Waals surface area contributed by atoms with Crippen LogP contribution in [0.5, 0.6) is 11.5 Å². The molecule has 0 atom stereocenters. The van der Waals surface area contributed by atoms with Gasteiger partial charge in [-0.25, -0.2) is 4.79 Å². The molecule has 5 nitrogen and oxygen atoms in total. The molecule has 1 aromatic heterocycles. The van der Waals surface area contributed by atoms with Gasteiger partial charge >= 0.3 is 5.97 Å². The molecule has 0 unspecified atom stereocenters. The van der Waals surface area contributed by atoms with Crippen molar-refractivity contribution in [3.8, 4) is 11.5 Å². The molecule has 5 heteroatoms. The van der Waals surface area contributed by atoms with Gasteiger partial charge in [0.15, 0.2) is 11.5 Å². The maximum Gasteiger partial charge on any atom is 0.371 e. The van der Waals surface area contributed by atoms with Crippen molar-refractivity contribution in [3.05, 3.63) is 46.9 Å². The Morgan fingerprint density at radius 2 is 2.05 bits per heavy atom. The standard InChI is InChI=1S/C16H18O5/c1-4-11-5-6-13(14(7-11)19-3)20-9-12-8-15(16(17)18)21-10(12)2/h5-8H,4,9H2,1-3H3,(H,17,18). The third-order valence-electron chi connectivity index (χ3n) is 3.25. The van der Waals surface area contributed by atoms with Crippen LogP contribution in [-0.2, 0) is 13.0 Å². The third-order valence-corrected chi connectivity index (χ3v) is 3.25. The van der Waals surface area contributed by atoms with Gasteiger partial charge in [0.05, 0.1) is 7.11 Å². The van der Waals surface area contributed by atoms with Crippen molar-refractivity contribution in [2.45, 2.75) is 26.9 Å². The van der Waals surface area contributed by atoms with Crippen LogP contribution in [0.15, 0.2) is 28.7 Å². The average Bonchev–Trinajstić information content (AvgIpc) is 2.86. The van der Waals surface area contributed by atoms with E-state index >= 15 is 0 Å². The Kier molecular flexibility index (Phi) is 4.52. The molecule has 0 saturated heterocycles. The second kappa shape index (κ2) is 6.35. The molecule has 0 radical (unpaired) electrons. The van der Waals surface area contributed by atoms with Gasteiger partial charge in [-0.2, -0.15) is 0 Å². The van der Waals surface area contributed by atoms with Crippen molar-refractivity contribution >= 4 is 5.97 Å². The number of hydrogen-bond donors (Lipinski definition) is 1. The number of benzene rings is 1. The molecule has 112 valence electrons. The van der Waals surface area contributed by atoms with Crippen molar-refractivity contribution in [3.63, 3.8) is 0 Å². The monoisotopic (exact) mass is 290 g/mol. The molecule has 0 aliphatic carbocycles. The highest BCUT2D eigenvalue weighted by molar-refractivity contribution is 5.84. The fraction of sp³-hybridized carbons (Fsp3) is 0.312. The lowest BCUT2D eigenvalue weighted by Gasteiger charge is -2.11. The first kappa shape index (κ1) is 15.0. The van der Waals surface area contributed by atoms with Gasteiger partial charge in [0.1, 0.15) is 12.4 Å². The lowest BCUT2D eigenvalue weighted by Crippen LogP contribution is -1.99. The maximum absolute atomic E-state index is 10.9. The van der Waals surface area contributed by atoms with E-state index in [0.717, 1.165) is 12.0 Å². The number of aryl methyl sites for hydroxylation is 2. The molecular weight excluding hydrogens is 272 g/mol. The number of ether oxygens (including phenoxy) is 2. The number of carboxylic acid groups (broad SMARTS) is 1. The van der Waals surface area contributed by atoms with E-state index in [1.165, 1.54) is 6.07 Å². The van der Waals surface area contributed by atoms with Crippen LogP contribution in [0.4, 0.5) is 0 Å². The summed E-state index contributed by atoms with van der Waals surface area (Å²) in [6.07, 6.45) is 0.916. The van der Waals surface area contributed by atoms with Crippen LogP contribution in [0.1, 0.15) is 34.4 Å². The fourth-order valence-electron chi connectivity index (χ4n) is 1.98. The molecule has 0 saturated carbocycles. The van der Waals surface area contributed by atoms with Crippen molar-refractivity contribution in [1.82, 2.24) is 0 Å². The van der Waals surface area contributed by atoms with Crippen molar-refractivity contribution < 1.29 is 23.8 Å². The van der Waals surface area contributed by atoms with Crippen LogP contribution in [0.25, 0.3) is 0 Å². The van der Waals surface area contributed by atoms with Crippen LogP contribution >= 0.6 is 0 Å². The Morgan fingerprint density at radius 3 is 2.62 bits per heavy atom. The summed E-state index contributed by atoms with van der Waals surface area (Å²) >= 11 is 0. The number of carboxylic acids is 1. The minimum Gasteiger partial charge on any atom is -0.493 e. The molecule has 2 rings (SSSR count). The Morgan fingerprint density at radius 1 is 1.29 bits per heavy atom. The number of aromatic carboxylic acids is 1. The van der Waals surface area contributed by atoms with E-state index in [1.807, 2.05) is 18.2 Å². The predicted octanol–water partition coefficient (Wildman–Crippen LogP) is 3.44. The zero-order valence-electron chi connectivity index (χ0n) is 12.3. The first-order valence-corrected chi connectivity index (χ1v) is 6.67. The lowest BCUT2D eigenvalue weighted by molar-refractivity contribution is 0.0661. The van der Waals surface area contributed by atoms with E-state index in [-0.39, 0.29) is 12.4 Å². The minimum atomic E-state index is -1.09. The van der Waals surface area contributed by atoms with E-state index in [4.69, 9.17) is 19.0 Å². The molecular formula is C16H18O5. The summed E-state index contributed by atoms with van der Waals surface area (Å²) in [7, 11) is 1.59. The number of methoxy groups -OCH3 is 1. The lowest BCUT2D eigenvalue weighted by atomic mass is 10.1. The predicted molar refractivity (Wildman–Crippen MR) is 77.1 cm³/mol. The smallest absolute Gasteiger partial charge is 0.371 e. The fourth-order valence-corrected chi connectivity index (χ4v) is 1.98. The van der Waals surface area contributed by atoms with Gasteiger partial charge in [0.2, 0.25) is 5.76 Å². The van der Waals surface area contributed by atoms with E-state index in [0.29, 0.717) is 22.8 Å². The number of furan rings is 1. The molecule has 0 spiro atoms. The van der Waals surface area contributed by atoms with Crippen LogP contribution in [-0.4, -0.2) is 18.2 Å². The second-order valence-corrected chi connectivity index (χ2v) is 4.62.